The molecule has 0 fully saturated rings. The van der Waals surface area contributed by atoms with Crippen molar-refractivity contribution in [1.82, 2.24) is 10.1 Å². The zero-order valence-electron chi connectivity index (χ0n) is 8.83. The summed E-state index contributed by atoms with van der Waals surface area (Å²) in [5.74, 6) is -0.536. The summed E-state index contributed by atoms with van der Waals surface area (Å²) in [4.78, 5) is 3.63. The van der Waals surface area contributed by atoms with Gasteiger partial charge in [-0.1, -0.05) is 16.8 Å². The van der Waals surface area contributed by atoms with Gasteiger partial charge in [-0.15, -0.1) is 0 Å². The molecule has 1 aromatic carbocycles. The number of anilines is 1. The second kappa shape index (κ2) is 4.49. The van der Waals surface area contributed by atoms with Gasteiger partial charge < -0.3 is 10.3 Å². The van der Waals surface area contributed by atoms with E-state index in [-0.39, 0.29) is 5.89 Å². The Labute approximate surface area is 105 Å². The van der Waals surface area contributed by atoms with Crippen molar-refractivity contribution in [3.8, 4) is 11.5 Å². The van der Waals surface area contributed by atoms with Crippen LogP contribution >= 0.6 is 11.6 Å². The molecular formula is C10H7ClF3N3O. The lowest BCUT2D eigenvalue weighted by Crippen LogP contribution is -2.12. The van der Waals surface area contributed by atoms with Gasteiger partial charge in [0.2, 0.25) is 0 Å². The van der Waals surface area contributed by atoms with Gasteiger partial charge in [0.1, 0.15) is 6.42 Å². The van der Waals surface area contributed by atoms with Crippen molar-refractivity contribution in [3.63, 3.8) is 0 Å². The molecule has 0 atom stereocenters. The third-order valence-corrected chi connectivity index (χ3v) is 2.31. The van der Waals surface area contributed by atoms with Crippen LogP contribution in [0.25, 0.3) is 11.5 Å². The van der Waals surface area contributed by atoms with Crippen molar-refractivity contribution in [2.45, 2.75) is 12.6 Å². The number of hydrogen-bond acceptors (Lipinski definition) is 4. The fourth-order valence-corrected chi connectivity index (χ4v) is 1.50. The summed E-state index contributed by atoms with van der Waals surface area (Å²) >= 11 is 5.75. The van der Waals surface area contributed by atoms with Crippen molar-refractivity contribution < 1.29 is 17.7 Å². The van der Waals surface area contributed by atoms with Gasteiger partial charge in [0.15, 0.2) is 5.82 Å². The Hall–Kier alpha value is -1.76. The standard InChI is InChI=1S/C10H7ClF3N3O/c11-5-1-2-7(15)6(3-5)9-16-8(17-18-9)4-10(12,13)14/h1-3H,4,15H2. The third kappa shape index (κ3) is 2.92. The molecule has 2 aromatic rings. The highest BCUT2D eigenvalue weighted by atomic mass is 35.5. The molecule has 0 aliphatic rings. The van der Waals surface area contributed by atoms with Crippen molar-refractivity contribution in [1.29, 1.82) is 0 Å². The second-order valence-corrected chi connectivity index (χ2v) is 3.98. The van der Waals surface area contributed by atoms with E-state index in [9.17, 15) is 13.2 Å². The molecule has 0 saturated carbocycles. The summed E-state index contributed by atoms with van der Waals surface area (Å²) in [6, 6.07) is 4.50. The highest BCUT2D eigenvalue weighted by molar-refractivity contribution is 6.31. The van der Waals surface area contributed by atoms with E-state index in [0.717, 1.165) is 0 Å². The van der Waals surface area contributed by atoms with Crippen molar-refractivity contribution in [3.05, 3.63) is 29.0 Å². The zero-order chi connectivity index (χ0) is 13.3. The minimum atomic E-state index is -4.39. The molecule has 1 heterocycles. The lowest BCUT2D eigenvalue weighted by atomic mass is 10.2. The highest BCUT2D eigenvalue weighted by Gasteiger charge is 2.30. The monoisotopic (exact) mass is 277 g/mol. The Kier molecular flexibility index (Phi) is 3.16. The third-order valence-electron chi connectivity index (χ3n) is 2.07. The SMILES string of the molecule is Nc1ccc(Cl)cc1-c1nc(CC(F)(F)F)no1. The van der Waals surface area contributed by atoms with Crippen LogP contribution in [-0.2, 0) is 6.42 Å². The van der Waals surface area contributed by atoms with Gasteiger partial charge in [-0.05, 0) is 18.2 Å². The Morgan fingerprint density at radius 1 is 1.33 bits per heavy atom. The number of aromatic nitrogens is 2. The molecule has 2 rings (SSSR count). The lowest BCUT2D eigenvalue weighted by molar-refractivity contribution is -0.128. The molecule has 0 radical (unpaired) electrons. The molecule has 1 aromatic heterocycles. The van der Waals surface area contributed by atoms with Gasteiger partial charge in [0, 0.05) is 10.7 Å². The molecular weight excluding hydrogens is 271 g/mol. The van der Waals surface area contributed by atoms with Crippen molar-refractivity contribution in [2.75, 3.05) is 5.73 Å². The molecule has 0 aliphatic carbocycles. The molecule has 0 bridgehead atoms. The predicted molar refractivity (Wildman–Crippen MR) is 58.9 cm³/mol. The number of nitrogens with two attached hydrogens (primary N) is 1. The maximum Gasteiger partial charge on any atom is 0.396 e. The van der Waals surface area contributed by atoms with Crippen LogP contribution in [0.4, 0.5) is 18.9 Å². The Balaban J connectivity index is 2.32. The van der Waals surface area contributed by atoms with Crippen LogP contribution in [0.15, 0.2) is 22.7 Å². The quantitative estimate of drug-likeness (QED) is 0.857. The molecule has 0 unspecified atom stereocenters. The average molecular weight is 278 g/mol. The van der Waals surface area contributed by atoms with Crippen LogP contribution in [0.1, 0.15) is 5.82 Å². The largest absolute Gasteiger partial charge is 0.398 e. The van der Waals surface area contributed by atoms with Crippen LogP contribution in [0.2, 0.25) is 5.02 Å². The molecule has 2 N–H and O–H groups in total. The first-order valence-corrected chi connectivity index (χ1v) is 5.18. The predicted octanol–water partition coefficient (Wildman–Crippen LogP) is 3.08. The molecule has 4 nitrogen and oxygen atoms in total. The minimum Gasteiger partial charge on any atom is -0.398 e. The van der Waals surface area contributed by atoms with Crippen molar-refractivity contribution >= 4 is 17.3 Å². The van der Waals surface area contributed by atoms with Crippen molar-refractivity contribution in [2.24, 2.45) is 0 Å². The summed E-state index contributed by atoms with van der Waals surface area (Å²) in [6.45, 7) is 0. The van der Waals surface area contributed by atoms with Crippen LogP contribution in [0.3, 0.4) is 0 Å². The van der Waals surface area contributed by atoms with E-state index in [1.165, 1.54) is 12.1 Å². The van der Waals surface area contributed by atoms with E-state index in [4.69, 9.17) is 21.9 Å². The van der Waals surface area contributed by atoms with E-state index < -0.39 is 18.4 Å². The molecule has 0 spiro atoms. The molecule has 8 heteroatoms. The molecule has 0 aliphatic heterocycles. The van der Waals surface area contributed by atoms with Gasteiger partial charge in [-0.3, -0.25) is 0 Å². The first-order chi connectivity index (χ1) is 8.35. The Bertz CT molecular complexity index is 568. The van der Waals surface area contributed by atoms with Crippen LogP contribution in [-0.4, -0.2) is 16.3 Å². The highest BCUT2D eigenvalue weighted by Crippen LogP contribution is 2.28. The number of rotatable bonds is 2. The zero-order valence-corrected chi connectivity index (χ0v) is 9.59. The van der Waals surface area contributed by atoms with E-state index >= 15 is 0 Å². The number of alkyl halides is 3. The smallest absolute Gasteiger partial charge is 0.396 e. The van der Waals surface area contributed by atoms with Gasteiger partial charge in [-0.2, -0.15) is 18.2 Å². The first-order valence-electron chi connectivity index (χ1n) is 4.80. The first kappa shape index (κ1) is 12.7. The van der Waals surface area contributed by atoms with Crippen LogP contribution in [0, 0.1) is 0 Å². The fraction of sp³-hybridized carbons (Fsp3) is 0.200. The maximum absolute atomic E-state index is 12.1. The number of nitrogen functional groups attached to an aromatic ring is 1. The summed E-state index contributed by atoms with van der Waals surface area (Å²) < 4.78 is 41.1. The molecule has 18 heavy (non-hydrogen) atoms. The Morgan fingerprint density at radius 2 is 2.06 bits per heavy atom. The number of nitrogens with zero attached hydrogens (tertiary/aromatic N) is 2. The van der Waals surface area contributed by atoms with E-state index in [1.54, 1.807) is 6.07 Å². The molecule has 0 amide bonds. The van der Waals surface area contributed by atoms with E-state index in [0.29, 0.717) is 16.3 Å². The second-order valence-electron chi connectivity index (χ2n) is 3.54. The summed E-state index contributed by atoms with van der Waals surface area (Å²) in [5, 5.41) is 3.61. The lowest BCUT2D eigenvalue weighted by Gasteiger charge is -2.01. The molecule has 0 saturated heterocycles. The summed E-state index contributed by atoms with van der Waals surface area (Å²) in [7, 11) is 0. The normalized spacial score (nSPS) is 11.8. The summed E-state index contributed by atoms with van der Waals surface area (Å²) in [6.07, 6.45) is -5.64. The van der Waals surface area contributed by atoms with Gasteiger partial charge in [0.05, 0.1) is 5.56 Å². The number of benzene rings is 1. The number of halogens is 4. The van der Waals surface area contributed by atoms with Crippen LogP contribution < -0.4 is 5.73 Å². The van der Waals surface area contributed by atoms with E-state index in [2.05, 4.69) is 10.1 Å². The number of hydrogen-bond donors (Lipinski definition) is 1. The Morgan fingerprint density at radius 3 is 2.72 bits per heavy atom. The maximum atomic E-state index is 12.1. The topological polar surface area (TPSA) is 64.9 Å². The van der Waals surface area contributed by atoms with Crippen LogP contribution in [0.5, 0.6) is 0 Å². The van der Waals surface area contributed by atoms with Gasteiger partial charge in [-0.25, -0.2) is 0 Å². The minimum absolute atomic E-state index is 0.0887. The van der Waals surface area contributed by atoms with E-state index in [1.807, 2.05) is 0 Å². The molecule has 96 valence electrons. The van der Waals surface area contributed by atoms with Gasteiger partial charge in [0.25, 0.3) is 5.89 Å². The fourth-order valence-electron chi connectivity index (χ4n) is 1.33. The van der Waals surface area contributed by atoms with Gasteiger partial charge >= 0.3 is 6.18 Å². The summed E-state index contributed by atoms with van der Waals surface area (Å²) in [5.41, 5.74) is 6.25. The average Bonchev–Trinajstić information content (AvgIpc) is 2.67.